The van der Waals surface area contributed by atoms with Crippen LogP contribution in [0.25, 0.3) is 11.1 Å². The lowest BCUT2D eigenvalue weighted by molar-refractivity contribution is 0.426. The summed E-state index contributed by atoms with van der Waals surface area (Å²) in [5, 5.41) is 26.6. The van der Waals surface area contributed by atoms with Crippen LogP contribution >= 0.6 is 0 Å². The van der Waals surface area contributed by atoms with Crippen molar-refractivity contribution < 1.29 is 10.0 Å². The van der Waals surface area contributed by atoms with Gasteiger partial charge in [0.2, 0.25) is 0 Å². The van der Waals surface area contributed by atoms with Gasteiger partial charge >= 0.3 is 7.12 Å². The van der Waals surface area contributed by atoms with Crippen molar-refractivity contribution in [2.45, 2.75) is 6.42 Å². The number of nitriles is 1. The zero-order valence-corrected chi connectivity index (χ0v) is 9.74. The summed E-state index contributed by atoms with van der Waals surface area (Å²) in [7, 11) is -1.43. The molecule has 88 valence electrons. The van der Waals surface area contributed by atoms with Crippen LogP contribution in [0.2, 0.25) is 0 Å². The van der Waals surface area contributed by atoms with Crippen molar-refractivity contribution in [2.24, 2.45) is 0 Å². The van der Waals surface area contributed by atoms with Gasteiger partial charge in [-0.05, 0) is 22.2 Å². The summed E-state index contributed by atoms with van der Waals surface area (Å²) in [4.78, 5) is 0. The fourth-order valence-corrected chi connectivity index (χ4v) is 1.75. The van der Waals surface area contributed by atoms with Gasteiger partial charge in [0.15, 0.2) is 0 Å². The van der Waals surface area contributed by atoms with Crippen LogP contribution in [0.5, 0.6) is 0 Å². The molecule has 0 atom stereocenters. The van der Waals surface area contributed by atoms with Gasteiger partial charge in [0.1, 0.15) is 0 Å². The molecule has 2 aromatic rings. The van der Waals surface area contributed by atoms with Crippen LogP contribution in [0.3, 0.4) is 0 Å². The fraction of sp³-hybridized carbons (Fsp3) is 0.0714. The quantitative estimate of drug-likeness (QED) is 0.785. The van der Waals surface area contributed by atoms with Crippen molar-refractivity contribution in [2.75, 3.05) is 0 Å². The molecule has 2 aromatic carbocycles. The minimum atomic E-state index is -1.43. The highest BCUT2D eigenvalue weighted by atomic mass is 16.4. The normalized spacial score (nSPS) is 9.83. The average molecular weight is 237 g/mol. The van der Waals surface area contributed by atoms with E-state index in [1.54, 1.807) is 12.1 Å². The monoisotopic (exact) mass is 237 g/mol. The molecule has 0 radical (unpaired) electrons. The highest BCUT2D eigenvalue weighted by molar-refractivity contribution is 6.58. The standard InChI is InChI=1S/C14H12BNO2/c16-10-9-11-1-3-12(4-2-11)13-5-7-14(8-6-13)15(17)18/h1-8,17-18H,9H2. The lowest BCUT2D eigenvalue weighted by atomic mass is 9.80. The van der Waals surface area contributed by atoms with Crippen molar-refractivity contribution >= 4 is 12.6 Å². The molecule has 0 saturated carbocycles. The van der Waals surface area contributed by atoms with Crippen LogP contribution < -0.4 is 5.46 Å². The van der Waals surface area contributed by atoms with E-state index in [0.717, 1.165) is 16.7 Å². The molecule has 0 bridgehead atoms. The fourth-order valence-electron chi connectivity index (χ4n) is 1.75. The van der Waals surface area contributed by atoms with Crippen LogP contribution in [0.15, 0.2) is 48.5 Å². The number of benzene rings is 2. The second kappa shape index (κ2) is 5.50. The zero-order valence-electron chi connectivity index (χ0n) is 9.74. The summed E-state index contributed by atoms with van der Waals surface area (Å²) in [6, 6.07) is 16.9. The Kier molecular flexibility index (Phi) is 3.78. The SMILES string of the molecule is N#CCc1ccc(-c2ccc(B(O)O)cc2)cc1. The molecule has 0 amide bonds. The van der Waals surface area contributed by atoms with E-state index in [4.69, 9.17) is 15.3 Å². The van der Waals surface area contributed by atoms with Gasteiger partial charge in [-0.25, -0.2) is 0 Å². The van der Waals surface area contributed by atoms with E-state index in [-0.39, 0.29) is 0 Å². The van der Waals surface area contributed by atoms with Crippen LogP contribution in [0.4, 0.5) is 0 Å². The first-order valence-corrected chi connectivity index (χ1v) is 5.63. The molecule has 0 unspecified atom stereocenters. The number of rotatable bonds is 3. The molecule has 2 N–H and O–H groups in total. The average Bonchev–Trinajstić information content (AvgIpc) is 2.40. The van der Waals surface area contributed by atoms with Gasteiger partial charge in [-0.2, -0.15) is 5.26 Å². The molecule has 3 nitrogen and oxygen atoms in total. The van der Waals surface area contributed by atoms with Gasteiger partial charge in [-0.15, -0.1) is 0 Å². The van der Waals surface area contributed by atoms with Crippen molar-refractivity contribution in [3.8, 4) is 17.2 Å². The van der Waals surface area contributed by atoms with Crippen molar-refractivity contribution in [3.63, 3.8) is 0 Å². The summed E-state index contributed by atoms with van der Waals surface area (Å²) < 4.78 is 0. The smallest absolute Gasteiger partial charge is 0.423 e. The lowest BCUT2D eigenvalue weighted by Crippen LogP contribution is -2.29. The second-order valence-corrected chi connectivity index (χ2v) is 4.03. The third-order valence-electron chi connectivity index (χ3n) is 2.78. The predicted octanol–water partition coefficient (Wildman–Crippen LogP) is 1.10. The molecule has 4 heteroatoms. The maximum absolute atomic E-state index is 9.01. The molecular weight excluding hydrogens is 225 g/mol. The van der Waals surface area contributed by atoms with E-state index in [0.29, 0.717) is 11.9 Å². The molecule has 0 aliphatic carbocycles. The molecule has 0 aliphatic rings. The van der Waals surface area contributed by atoms with Gasteiger partial charge in [-0.1, -0.05) is 48.5 Å². The topological polar surface area (TPSA) is 64.2 Å². The molecular formula is C14H12BNO2. The van der Waals surface area contributed by atoms with Crippen molar-refractivity contribution in [1.29, 1.82) is 5.26 Å². The van der Waals surface area contributed by atoms with E-state index in [9.17, 15) is 0 Å². The van der Waals surface area contributed by atoms with Crippen LogP contribution in [0, 0.1) is 11.3 Å². The van der Waals surface area contributed by atoms with E-state index in [2.05, 4.69) is 6.07 Å². The summed E-state index contributed by atoms with van der Waals surface area (Å²) in [5.74, 6) is 0. The Morgan fingerprint density at radius 3 is 1.83 bits per heavy atom. The van der Waals surface area contributed by atoms with Gasteiger partial charge in [-0.3, -0.25) is 0 Å². The highest BCUT2D eigenvalue weighted by Gasteiger charge is 2.09. The van der Waals surface area contributed by atoms with Crippen LogP contribution in [-0.2, 0) is 6.42 Å². The van der Waals surface area contributed by atoms with E-state index >= 15 is 0 Å². The van der Waals surface area contributed by atoms with Crippen LogP contribution in [0.1, 0.15) is 5.56 Å². The third kappa shape index (κ3) is 2.78. The first kappa shape index (κ1) is 12.4. The molecule has 0 aliphatic heterocycles. The third-order valence-corrected chi connectivity index (χ3v) is 2.78. The van der Waals surface area contributed by atoms with Crippen molar-refractivity contribution in [1.82, 2.24) is 0 Å². The van der Waals surface area contributed by atoms with Crippen LogP contribution in [-0.4, -0.2) is 17.2 Å². The predicted molar refractivity (Wildman–Crippen MR) is 71.0 cm³/mol. The van der Waals surface area contributed by atoms with Gasteiger partial charge in [0.25, 0.3) is 0 Å². The second-order valence-electron chi connectivity index (χ2n) is 4.03. The summed E-state index contributed by atoms with van der Waals surface area (Å²) in [6.45, 7) is 0. The zero-order chi connectivity index (χ0) is 13.0. The molecule has 0 heterocycles. The highest BCUT2D eigenvalue weighted by Crippen LogP contribution is 2.18. The lowest BCUT2D eigenvalue weighted by Gasteiger charge is -2.04. The Morgan fingerprint density at radius 2 is 1.39 bits per heavy atom. The summed E-state index contributed by atoms with van der Waals surface area (Å²) in [6.07, 6.45) is 0.413. The number of hydrogen-bond donors (Lipinski definition) is 2. The summed E-state index contributed by atoms with van der Waals surface area (Å²) in [5.41, 5.74) is 3.50. The van der Waals surface area contributed by atoms with Gasteiger partial charge < -0.3 is 10.0 Å². The number of nitrogens with zero attached hydrogens (tertiary/aromatic N) is 1. The van der Waals surface area contributed by atoms with E-state index < -0.39 is 7.12 Å². The Hall–Kier alpha value is -2.09. The number of hydrogen-bond acceptors (Lipinski definition) is 3. The van der Waals surface area contributed by atoms with Crippen molar-refractivity contribution in [3.05, 3.63) is 54.1 Å². The molecule has 0 spiro atoms. The molecule has 0 aromatic heterocycles. The Balaban J connectivity index is 2.23. The van der Waals surface area contributed by atoms with Gasteiger partial charge in [0.05, 0.1) is 12.5 Å². The summed E-state index contributed by atoms with van der Waals surface area (Å²) >= 11 is 0. The van der Waals surface area contributed by atoms with Gasteiger partial charge in [0, 0.05) is 0 Å². The minimum Gasteiger partial charge on any atom is -0.423 e. The Labute approximate surface area is 106 Å². The molecule has 2 rings (SSSR count). The first-order valence-electron chi connectivity index (χ1n) is 5.63. The molecule has 18 heavy (non-hydrogen) atoms. The largest absolute Gasteiger partial charge is 0.488 e. The molecule has 0 saturated heterocycles. The van der Waals surface area contributed by atoms with E-state index in [1.165, 1.54) is 0 Å². The first-order chi connectivity index (χ1) is 8.70. The Morgan fingerprint density at radius 1 is 0.889 bits per heavy atom. The maximum atomic E-state index is 9.01. The Bertz CT molecular complexity index is 556. The minimum absolute atomic E-state index is 0.413. The van der Waals surface area contributed by atoms with E-state index in [1.807, 2.05) is 36.4 Å². The maximum Gasteiger partial charge on any atom is 0.488 e. The molecule has 0 fully saturated rings.